The van der Waals surface area contributed by atoms with Gasteiger partial charge in [-0.1, -0.05) is 105 Å². The van der Waals surface area contributed by atoms with Gasteiger partial charge in [-0.25, -0.2) is 26.3 Å². The van der Waals surface area contributed by atoms with E-state index in [1.165, 1.54) is 37.8 Å². The average Bonchev–Trinajstić information content (AvgIpc) is 4.02. The van der Waals surface area contributed by atoms with Crippen molar-refractivity contribution >= 4 is 26.0 Å². The smallest absolute Gasteiger partial charge is 0.264 e. The van der Waals surface area contributed by atoms with Crippen LogP contribution in [0.5, 0.6) is 0 Å². The highest BCUT2D eigenvalue weighted by molar-refractivity contribution is 7.90. The Kier molecular flexibility index (Phi) is 17.8. The van der Waals surface area contributed by atoms with Crippen LogP contribution in [0.1, 0.15) is 184 Å². The van der Waals surface area contributed by atoms with E-state index >= 15 is 0 Å². The van der Waals surface area contributed by atoms with E-state index in [4.69, 9.17) is 0 Å². The molecule has 10 rings (SSSR count). The van der Waals surface area contributed by atoms with Gasteiger partial charge in [0.2, 0.25) is 15.9 Å². The van der Waals surface area contributed by atoms with Crippen LogP contribution in [0.25, 0.3) is 0 Å². The van der Waals surface area contributed by atoms with Gasteiger partial charge in [-0.15, -0.1) is 0 Å². The molecule has 0 aliphatic heterocycles. The molecule has 0 spiro atoms. The topological polar surface area (TPSA) is 190 Å². The standard InChI is InChI=1S/C32H49NO5S.C32H51NO4S/c1-5-23-27-19-21(34)15-17-32(27,4)26-16-18-31(3)24(12-13-25(31)29(26)30(23)36)20(2)11-14-28(35)33-39(37,38)22-9-7-6-8-10-22;1-5-24-28-20-22(34)15-17-32(28,4)27-16-18-31(3)25(13-14-26(31)29(27)30(24)35)21(2)10-9-19-33-38(36,37)23-11-7-6-8-12-23/h6-10,20-21,23-27,29-30,34,36H,5,11-19H2,1-4H3,(H,33,35);6-8,11-12,21-22,24-30,33-35H,5,9-10,13-20H2,1-4H3/t20-,21-,23-,24?,25+,26+,27?,29+,30-,31?,32?;21-,22-,24-,25?,26+,27+,28?,29+,30-,31?,32?/m11/s1. The van der Waals surface area contributed by atoms with Crippen molar-refractivity contribution in [3.05, 3.63) is 60.7 Å². The van der Waals surface area contributed by atoms with E-state index in [0.29, 0.717) is 94.8 Å². The number of carbonyl (C=O) groups is 1. The largest absolute Gasteiger partial charge is 0.393 e. The number of aliphatic hydroxyl groups excluding tert-OH is 4. The average molecular weight is 1110 g/mol. The number of hydrogen-bond donors (Lipinski definition) is 6. The zero-order valence-electron chi connectivity index (χ0n) is 48.2. The van der Waals surface area contributed by atoms with Crippen LogP contribution < -0.4 is 9.44 Å². The summed E-state index contributed by atoms with van der Waals surface area (Å²) in [5.74, 6) is 5.69. The van der Waals surface area contributed by atoms with Crippen molar-refractivity contribution < 1.29 is 42.1 Å². The molecule has 8 saturated carbocycles. The normalized spacial score (nSPS) is 43.1. The summed E-state index contributed by atoms with van der Waals surface area (Å²) in [6, 6.07) is 16.7. The monoisotopic (exact) mass is 1100 g/mol. The minimum absolute atomic E-state index is 0.106. The first kappa shape index (κ1) is 59.2. The first-order valence-corrected chi connectivity index (χ1v) is 33.8. The number of nitrogens with one attached hydrogen (secondary N) is 2. The highest BCUT2D eigenvalue weighted by Crippen LogP contribution is 2.71. The Morgan fingerprint density at radius 2 is 0.948 bits per heavy atom. The molecule has 6 N–H and O–H groups in total. The Morgan fingerprint density at radius 1 is 0.545 bits per heavy atom. The van der Waals surface area contributed by atoms with Crippen molar-refractivity contribution in [3.8, 4) is 0 Å². The van der Waals surface area contributed by atoms with E-state index in [0.717, 1.165) is 89.9 Å². The van der Waals surface area contributed by atoms with Gasteiger partial charge in [0.05, 0.1) is 34.2 Å². The Labute approximate surface area is 464 Å². The first-order chi connectivity index (χ1) is 36.4. The fraction of sp³-hybridized carbons (Fsp3) is 0.797. The van der Waals surface area contributed by atoms with Crippen molar-refractivity contribution in [1.29, 1.82) is 0 Å². The second-order valence-electron chi connectivity index (χ2n) is 27.9. The molecule has 0 radical (unpaired) electrons. The number of rotatable bonds is 15. The van der Waals surface area contributed by atoms with Crippen LogP contribution in [0.15, 0.2) is 70.5 Å². The van der Waals surface area contributed by atoms with Crippen molar-refractivity contribution in [2.75, 3.05) is 6.54 Å². The molecular weight excluding hydrogens is 1000 g/mol. The van der Waals surface area contributed by atoms with Gasteiger partial charge in [0, 0.05) is 13.0 Å². The van der Waals surface area contributed by atoms with Crippen molar-refractivity contribution in [1.82, 2.24) is 9.44 Å². The number of sulfonamides is 2. The van der Waals surface area contributed by atoms with Gasteiger partial charge in [-0.2, -0.15) is 0 Å². The van der Waals surface area contributed by atoms with Crippen molar-refractivity contribution in [2.45, 2.75) is 218 Å². The lowest BCUT2D eigenvalue weighted by Gasteiger charge is -2.64. The van der Waals surface area contributed by atoms with E-state index < -0.39 is 26.0 Å². The molecule has 0 heterocycles. The second-order valence-corrected chi connectivity index (χ2v) is 31.4. The molecule has 0 aromatic heterocycles. The molecular formula is C64H100N2O9S2. The molecule has 2 aromatic rings. The zero-order valence-corrected chi connectivity index (χ0v) is 49.8. The molecule has 11 nitrogen and oxygen atoms in total. The van der Waals surface area contributed by atoms with Crippen LogP contribution in [0, 0.1) is 105 Å². The zero-order chi connectivity index (χ0) is 55.5. The lowest BCUT2D eigenvalue weighted by Crippen LogP contribution is -2.62. The summed E-state index contributed by atoms with van der Waals surface area (Å²) >= 11 is 0. The number of fused-ring (bicyclic) bond motifs is 10. The van der Waals surface area contributed by atoms with Gasteiger partial charge in [0.1, 0.15) is 0 Å². The van der Waals surface area contributed by atoms with E-state index in [1.807, 2.05) is 6.07 Å². The molecule has 8 fully saturated rings. The lowest BCUT2D eigenvalue weighted by molar-refractivity contribution is -0.203. The van der Waals surface area contributed by atoms with Crippen LogP contribution in [0.3, 0.4) is 0 Å². The molecule has 432 valence electrons. The Hall–Kier alpha value is -2.39. The summed E-state index contributed by atoms with van der Waals surface area (Å²) in [5.41, 5.74) is 0.812. The van der Waals surface area contributed by atoms with E-state index in [-0.39, 0.29) is 63.3 Å². The second kappa shape index (κ2) is 23.1. The predicted molar refractivity (Wildman–Crippen MR) is 304 cm³/mol. The van der Waals surface area contributed by atoms with Crippen molar-refractivity contribution in [2.24, 2.45) is 105 Å². The highest BCUT2D eigenvalue weighted by Gasteiger charge is 2.67. The molecule has 22 atom stereocenters. The Balaban J connectivity index is 0.000000188. The molecule has 2 aromatic carbocycles. The van der Waals surface area contributed by atoms with Gasteiger partial charge < -0.3 is 20.4 Å². The van der Waals surface area contributed by atoms with Gasteiger partial charge in [-0.3, -0.25) is 4.79 Å². The fourth-order valence-electron chi connectivity index (χ4n) is 20.8. The maximum Gasteiger partial charge on any atom is 0.264 e. The third-order valence-corrected chi connectivity index (χ3v) is 27.5. The number of benzene rings is 2. The maximum absolute atomic E-state index is 12.7. The summed E-state index contributed by atoms with van der Waals surface area (Å²) in [5, 5.41) is 44.8. The molecule has 0 saturated heterocycles. The van der Waals surface area contributed by atoms with Gasteiger partial charge in [0.25, 0.3) is 10.0 Å². The minimum atomic E-state index is -3.85. The summed E-state index contributed by atoms with van der Waals surface area (Å²) < 4.78 is 55.4. The molecule has 8 unspecified atom stereocenters. The number of amides is 1. The van der Waals surface area contributed by atoms with Crippen LogP contribution in [-0.4, -0.2) is 74.1 Å². The van der Waals surface area contributed by atoms with E-state index in [1.54, 1.807) is 42.5 Å². The fourth-order valence-corrected chi connectivity index (χ4v) is 22.9. The van der Waals surface area contributed by atoms with Gasteiger partial charge in [0.15, 0.2) is 0 Å². The van der Waals surface area contributed by atoms with E-state index in [2.05, 4.69) is 64.8 Å². The maximum atomic E-state index is 12.7. The predicted octanol–water partition coefficient (Wildman–Crippen LogP) is 11.5. The van der Waals surface area contributed by atoms with Crippen LogP contribution in [0.4, 0.5) is 0 Å². The number of hydrogen-bond acceptors (Lipinski definition) is 9. The molecule has 8 aliphatic rings. The molecule has 8 aliphatic carbocycles. The summed E-state index contributed by atoms with van der Waals surface area (Å²) in [4.78, 5) is 13.1. The third-order valence-electron chi connectivity index (χ3n) is 24.6. The lowest BCUT2D eigenvalue weighted by atomic mass is 9.41. The number of aliphatic hydroxyl groups is 4. The first-order valence-electron chi connectivity index (χ1n) is 30.8. The van der Waals surface area contributed by atoms with Gasteiger partial charge >= 0.3 is 0 Å². The molecule has 77 heavy (non-hydrogen) atoms. The quantitative estimate of drug-likeness (QED) is 0.0943. The van der Waals surface area contributed by atoms with E-state index in [9.17, 15) is 42.1 Å². The molecule has 0 bridgehead atoms. The summed E-state index contributed by atoms with van der Waals surface area (Å²) in [6.07, 6.45) is 18.7. The Morgan fingerprint density at radius 3 is 1.39 bits per heavy atom. The molecule has 1 amide bonds. The highest BCUT2D eigenvalue weighted by atomic mass is 32.2. The Bertz CT molecular complexity index is 2550. The summed E-state index contributed by atoms with van der Waals surface area (Å²) in [6.45, 7) is 19.5. The third kappa shape index (κ3) is 11.0. The molecule has 13 heteroatoms. The SMILES string of the molecule is CC[C@@H]1C2C[C@H](O)CCC2(C)[C@H]2CCC3(C)C([C@H](C)CCC(=O)NS(=O)(=O)c4ccccc4)CC[C@H]3[C@@H]2[C@@H]1O.CC[C@@H]1C2C[C@H](O)CCC2(C)[C@H]2CCC3(C)C([C@H](C)CCCNS(=O)(=O)c4ccccc4)CC[C@H]3[C@@H]2[C@@H]1O. The van der Waals surface area contributed by atoms with Gasteiger partial charge in [-0.05, 0) is 238 Å². The van der Waals surface area contributed by atoms with Crippen LogP contribution >= 0.6 is 0 Å². The van der Waals surface area contributed by atoms with Crippen molar-refractivity contribution in [3.63, 3.8) is 0 Å². The number of carbonyl (C=O) groups excluding carboxylic acids is 1. The van der Waals surface area contributed by atoms with Crippen LogP contribution in [-0.2, 0) is 24.8 Å². The minimum Gasteiger partial charge on any atom is -0.393 e. The van der Waals surface area contributed by atoms with Crippen LogP contribution in [0.2, 0.25) is 0 Å². The summed E-state index contributed by atoms with van der Waals surface area (Å²) in [7, 11) is -7.30.